The highest BCUT2D eigenvalue weighted by Crippen LogP contribution is 2.34. The molecule has 0 unspecified atom stereocenters. The summed E-state index contributed by atoms with van der Waals surface area (Å²) < 4.78 is 0. The molecule has 0 aromatic heterocycles. The van der Waals surface area contributed by atoms with E-state index in [1.165, 1.54) is 32.1 Å². The molecule has 16 nitrogen and oxygen atoms in total. The van der Waals surface area contributed by atoms with Gasteiger partial charge in [0, 0.05) is 19.6 Å². The van der Waals surface area contributed by atoms with Gasteiger partial charge in [0.25, 0.3) is 0 Å². The zero-order valence-corrected chi connectivity index (χ0v) is 29.5. The summed E-state index contributed by atoms with van der Waals surface area (Å²) >= 11 is 0. The summed E-state index contributed by atoms with van der Waals surface area (Å²) in [5, 5.41) is 60.4. The number of nitrogens with one attached hydrogen (secondary N) is 6. The van der Waals surface area contributed by atoms with Crippen molar-refractivity contribution in [1.29, 1.82) is 0 Å². The predicted octanol–water partition coefficient (Wildman–Crippen LogP) is 0.757. The lowest BCUT2D eigenvalue weighted by atomic mass is 9.79. The molecule has 288 valence electrons. The fraction of sp³-hybridized carbons (Fsp3) is 0.853. The molecule has 6 rings (SSSR count). The molecule has 50 heavy (non-hydrogen) atoms. The van der Waals surface area contributed by atoms with Crippen molar-refractivity contribution in [1.82, 2.24) is 31.9 Å². The van der Waals surface area contributed by atoms with Gasteiger partial charge in [-0.1, -0.05) is 45.4 Å². The Morgan fingerprint density at radius 2 is 0.920 bits per heavy atom. The zero-order chi connectivity index (χ0) is 36.9. The molecule has 7 atom stereocenters. The van der Waals surface area contributed by atoms with Crippen LogP contribution >= 0.6 is 0 Å². The van der Waals surface area contributed by atoms with E-state index >= 15 is 0 Å². The minimum Gasteiger partial charge on any atom is -0.480 e. The second kappa shape index (κ2) is 24.3. The predicted molar refractivity (Wildman–Crippen MR) is 186 cm³/mol. The normalized spacial score (nSPS) is 30.9. The van der Waals surface area contributed by atoms with E-state index < -0.39 is 35.9 Å². The van der Waals surface area contributed by atoms with Crippen LogP contribution in [0.2, 0.25) is 0 Å². The van der Waals surface area contributed by atoms with Crippen molar-refractivity contribution in [2.24, 2.45) is 17.8 Å². The summed E-state index contributed by atoms with van der Waals surface area (Å²) in [6.45, 7) is 7.72. The molecule has 5 saturated heterocycles. The number of aliphatic carboxylic acids is 5. The maximum Gasteiger partial charge on any atom is 0.322 e. The summed E-state index contributed by atoms with van der Waals surface area (Å²) in [6.07, 6.45) is 14.2. The van der Waals surface area contributed by atoms with Gasteiger partial charge >= 0.3 is 29.8 Å². The molecule has 0 radical (unpaired) electrons. The van der Waals surface area contributed by atoms with Gasteiger partial charge in [0.05, 0.1) is 0 Å². The van der Waals surface area contributed by atoms with Crippen LogP contribution in [0.5, 0.6) is 0 Å². The largest absolute Gasteiger partial charge is 0.480 e. The lowest BCUT2D eigenvalue weighted by molar-refractivity contribution is -0.141. The van der Waals surface area contributed by atoms with Gasteiger partial charge in [0.2, 0.25) is 0 Å². The van der Waals surface area contributed by atoms with Gasteiger partial charge in [-0.3, -0.25) is 24.0 Å². The van der Waals surface area contributed by atoms with Gasteiger partial charge < -0.3 is 57.4 Å². The first-order valence-corrected chi connectivity index (χ1v) is 18.4. The number of piperazine rings is 1. The fourth-order valence-corrected chi connectivity index (χ4v) is 7.00. The molecular weight excluding hydrogens is 652 g/mol. The number of hydrogen-bond donors (Lipinski definition) is 11. The van der Waals surface area contributed by atoms with E-state index in [0.29, 0.717) is 18.4 Å². The number of carboxylic acid groups (broad SMARTS) is 5. The van der Waals surface area contributed by atoms with E-state index in [2.05, 4.69) is 38.8 Å². The number of hydrogen-bond acceptors (Lipinski definition) is 11. The van der Waals surface area contributed by atoms with Crippen molar-refractivity contribution < 1.29 is 49.5 Å². The van der Waals surface area contributed by atoms with Crippen molar-refractivity contribution in [3.05, 3.63) is 0 Å². The number of piperidine rings is 2. The molecule has 0 spiro atoms. The number of carbonyl (C=O) groups is 5. The Balaban J connectivity index is 0.000000220. The van der Waals surface area contributed by atoms with Crippen LogP contribution in [0, 0.1) is 17.8 Å². The highest BCUT2D eigenvalue weighted by atomic mass is 16.4. The third kappa shape index (κ3) is 17.4. The SMILES string of the molecule is C[C@H]1CCN[C@H](C(=O)O)C1.O=C(O)[C@@H]1CCCCN1.O=C(O)[C@@H]1CCCN1.O=C(O)[C@@H]1CNCCN1.O=C(O)[C@@H]1C[C@@H](C2CCCCC2)CN1. The van der Waals surface area contributed by atoms with Crippen molar-refractivity contribution >= 4 is 29.8 Å². The van der Waals surface area contributed by atoms with Crippen LogP contribution < -0.4 is 31.9 Å². The average molecular weight is 715 g/mol. The maximum absolute atomic E-state index is 10.8. The van der Waals surface area contributed by atoms with Crippen LogP contribution in [0.15, 0.2) is 0 Å². The maximum atomic E-state index is 10.8. The molecule has 5 heterocycles. The summed E-state index contributed by atoms with van der Waals surface area (Å²) in [6, 6.07) is -1.52. The van der Waals surface area contributed by atoms with E-state index in [4.69, 9.17) is 25.5 Å². The third-order valence-corrected chi connectivity index (χ3v) is 10.0. The van der Waals surface area contributed by atoms with E-state index in [0.717, 1.165) is 96.6 Å². The molecule has 11 N–H and O–H groups in total. The Bertz CT molecular complexity index is 1000. The van der Waals surface area contributed by atoms with Crippen LogP contribution in [0.25, 0.3) is 0 Å². The molecule has 1 saturated carbocycles. The molecule has 6 aliphatic rings. The first-order valence-electron chi connectivity index (χ1n) is 18.4. The summed E-state index contributed by atoms with van der Waals surface area (Å²) in [7, 11) is 0. The van der Waals surface area contributed by atoms with E-state index in [-0.39, 0.29) is 24.2 Å². The van der Waals surface area contributed by atoms with E-state index in [9.17, 15) is 24.0 Å². The highest BCUT2D eigenvalue weighted by molar-refractivity contribution is 5.75. The monoisotopic (exact) mass is 714 g/mol. The molecule has 6 fully saturated rings. The molecule has 5 aliphatic heterocycles. The minimum atomic E-state index is -0.776. The third-order valence-electron chi connectivity index (χ3n) is 10.0. The van der Waals surface area contributed by atoms with Gasteiger partial charge in [-0.15, -0.1) is 0 Å². The smallest absolute Gasteiger partial charge is 0.322 e. The lowest BCUT2D eigenvalue weighted by Gasteiger charge is -2.26. The Hall–Kier alpha value is -2.89. The molecule has 0 aromatic carbocycles. The Morgan fingerprint density at radius 1 is 0.420 bits per heavy atom. The van der Waals surface area contributed by atoms with E-state index in [1.807, 2.05) is 0 Å². The van der Waals surface area contributed by atoms with Gasteiger partial charge in [0.15, 0.2) is 0 Å². The first-order chi connectivity index (χ1) is 23.9. The number of rotatable bonds is 6. The van der Waals surface area contributed by atoms with Crippen LogP contribution in [0.4, 0.5) is 0 Å². The van der Waals surface area contributed by atoms with Gasteiger partial charge in [-0.2, -0.15) is 0 Å². The first kappa shape index (κ1) is 43.3. The summed E-state index contributed by atoms with van der Waals surface area (Å²) in [5.41, 5.74) is 0. The number of carboxylic acids is 5. The van der Waals surface area contributed by atoms with Crippen LogP contribution in [0.1, 0.15) is 90.4 Å². The van der Waals surface area contributed by atoms with Crippen LogP contribution in [-0.4, -0.2) is 131 Å². The minimum absolute atomic E-state index is 0.269. The van der Waals surface area contributed by atoms with E-state index in [1.54, 1.807) is 0 Å². The Kier molecular flexibility index (Phi) is 21.1. The van der Waals surface area contributed by atoms with Gasteiger partial charge in [0.1, 0.15) is 30.2 Å². The molecular formula is C34H62N6O10. The zero-order valence-electron chi connectivity index (χ0n) is 29.5. The summed E-state index contributed by atoms with van der Waals surface area (Å²) in [5.74, 6) is -1.63. The standard InChI is InChI=1S/C11H19NO2.C7H13NO2.C6H11NO2.C5H10N2O2.C5H9NO2/c13-11(14)10-6-9(7-12-10)8-4-2-1-3-5-8;1-5-2-3-8-6(4-5)7(9)10;8-6(9)5-3-1-2-4-7-5;8-5(9)4-3-6-1-2-7-4;7-5(8)4-2-1-3-6-4/h8-10,12H,1-7H2,(H,13,14);5-6,8H,2-4H2,1H3,(H,9,10);5,7H,1-4H2,(H,8,9);4,6-7H,1-3H2,(H,8,9);4,6H,1-3H2,(H,7,8)/t9-,10+;5-,6-;5-;2*4-/m10000/s1. The Morgan fingerprint density at radius 3 is 1.32 bits per heavy atom. The molecule has 0 bridgehead atoms. The van der Waals surface area contributed by atoms with Crippen LogP contribution in [-0.2, 0) is 24.0 Å². The van der Waals surface area contributed by atoms with Crippen molar-refractivity contribution in [3.8, 4) is 0 Å². The quantitative estimate of drug-likeness (QED) is 0.181. The van der Waals surface area contributed by atoms with Crippen molar-refractivity contribution in [3.63, 3.8) is 0 Å². The molecule has 0 aromatic rings. The topological polar surface area (TPSA) is 259 Å². The molecule has 1 aliphatic carbocycles. The lowest BCUT2D eigenvalue weighted by Crippen LogP contribution is -2.52. The van der Waals surface area contributed by atoms with Crippen molar-refractivity contribution in [2.75, 3.05) is 45.8 Å². The fourth-order valence-electron chi connectivity index (χ4n) is 7.00. The second-order valence-electron chi connectivity index (χ2n) is 14.0. The van der Waals surface area contributed by atoms with Gasteiger partial charge in [-0.05, 0) is 88.9 Å². The Labute approximate surface area is 295 Å². The van der Waals surface area contributed by atoms with Gasteiger partial charge in [-0.25, -0.2) is 0 Å². The molecule has 16 heteroatoms. The summed E-state index contributed by atoms with van der Waals surface area (Å²) in [4.78, 5) is 51.9. The van der Waals surface area contributed by atoms with Crippen LogP contribution in [0.3, 0.4) is 0 Å². The average Bonchev–Trinajstić information content (AvgIpc) is 3.85. The highest BCUT2D eigenvalue weighted by Gasteiger charge is 2.34. The molecule has 0 amide bonds. The second-order valence-corrected chi connectivity index (χ2v) is 14.0. The van der Waals surface area contributed by atoms with Crippen molar-refractivity contribution in [2.45, 2.75) is 121 Å².